The Morgan fingerprint density at radius 1 is 1.06 bits per heavy atom. The Morgan fingerprint density at radius 2 is 1.82 bits per heavy atom. The highest BCUT2D eigenvalue weighted by molar-refractivity contribution is 7.17. The van der Waals surface area contributed by atoms with E-state index in [4.69, 9.17) is 0 Å². The number of hydrogen-bond acceptors (Lipinski definition) is 6. The second kappa shape index (κ2) is 9.58. The lowest BCUT2D eigenvalue weighted by Gasteiger charge is -2.36. The van der Waals surface area contributed by atoms with E-state index in [-0.39, 0.29) is 11.5 Å². The van der Waals surface area contributed by atoms with Crippen molar-refractivity contribution < 1.29 is 4.79 Å². The van der Waals surface area contributed by atoms with Crippen LogP contribution < -0.4 is 10.5 Å². The molecule has 34 heavy (non-hydrogen) atoms. The van der Waals surface area contributed by atoms with Gasteiger partial charge in [0.05, 0.1) is 5.52 Å². The van der Waals surface area contributed by atoms with Crippen LogP contribution >= 0.6 is 11.3 Å². The zero-order chi connectivity index (χ0) is 23.7. The zero-order valence-electron chi connectivity index (χ0n) is 19.7. The summed E-state index contributed by atoms with van der Waals surface area (Å²) in [5.41, 5.74) is 2.06. The number of nitrogens with zero attached hydrogens (tertiary/aromatic N) is 6. The number of benzene rings is 1. The van der Waals surface area contributed by atoms with E-state index in [9.17, 15) is 9.59 Å². The Kier molecular flexibility index (Phi) is 6.36. The molecule has 0 radical (unpaired) electrons. The van der Waals surface area contributed by atoms with Gasteiger partial charge in [0.2, 0.25) is 11.7 Å². The molecule has 5 rings (SSSR count). The van der Waals surface area contributed by atoms with Crippen molar-refractivity contribution in [3.63, 3.8) is 0 Å². The molecule has 0 atom stereocenters. The van der Waals surface area contributed by atoms with Crippen LogP contribution in [0.4, 0.5) is 5.69 Å². The van der Waals surface area contributed by atoms with Crippen molar-refractivity contribution in [1.29, 1.82) is 0 Å². The Balaban J connectivity index is 1.25. The number of rotatable bonds is 7. The first-order chi connectivity index (χ1) is 16.5. The number of carbonyl (C=O) groups excluding carboxylic acids is 1. The fourth-order valence-electron chi connectivity index (χ4n) is 4.68. The van der Waals surface area contributed by atoms with Gasteiger partial charge in [-0.25, -0.2) is 0 Å². The Morgan fingerprint density at radius 3 is 2.56 bits per heavy atom. The van der Waals surface area contributed by atoms with Crippen molar-refractivity contribution in [3.05, 3.63) is 58.0 Å². The minimum atomic E-state index is -0.00465. The number of fused-ring (bicyclic) bond motifs is 3. The fraction of sp³-hybridized carbons (Fsp3) is 0.440. The maximum atomic E-state index is 13.0. The van der Waals surface area contributed by atoms with Gasteiger partial charge in [-0.1, -0.05) is 32.0 Å². The largest absolute Gasteiger partial charge is 0.368 e. The number of hydrogen-bond donors (Lipinski definition) is 0. The molecule has 1 aliphatic heterocycles. The lowest BCUT2D eigenvalue weighted by atomic mass is 10.2. The van der Waals surface area contributed by atoms with E-state index in [2.05, 4.69) is 41.1 Å². The van der Waals surface area contributed by atoms with Crippen molar-refractivity contribution in [2.24, 2.45) is 5.92 Å². The summed E-state index contributed by atoms with van der Waals surface area (Å²) in [4.78, 5) is 30.1. The van der Waals surface area contributed by atoms with Gasteiger partial charge in [0.1, 0.15) is 10.5 Å². The molecule has 178 valence electrons. The molecule has 8 nitrogen and oxygen atoms in total. The van der Waals surface area contributed by atoms with Crippen LogP contribution in [0.5, 0.6) is 0 Å². The summed E-state index contributed by atoms with van der Waals surface area (Å²) in [6.07, 6.45) is 1.83. The topological polar surface area (TPSA) is 75.7 Å². The van der Waals surface area contributed by atoms with Gasteiger partial charge in [0.25, 0.3) is 5.56 Å². The van der Waals surface area contributed by atoms with Gasteiger partial charge < -0.3 is 9.80 Å². The molecule has 4 aromatic rings. The second-order valence-electron chi connectivity index (χ2n) is 9.25. The number of carbonyl (C=O) groups is 1. The normalized spacial score (nSPS) is 14.6. The average Bonchev–Trinajstić information content (AvgIpc) is 3.50. The molecular formula is C25H30N6O2S. The lowest BCUT2D eigenvalue weighted by Crippen LogP contribution is -2.48. The van der Waals surface area contributed by atoms with Crippen LogP contribution in [0.25, 0.3) is 16.0 Å². The zero-order valence-corrected chi connectivity index (χ0v) is 20.5. The molecular weight excluding hydrogens is 448 g/mol. The highest BCUT2D eigenvalue weighted by Gasteiger charge is 2.22. The molecule has 0 N–H and O–H groups in total. The molecule has 0 spiro atoms. The van der Waals surface area contributed by atoms with Crippen molar-refractivity contribution >= 4 is 38.9 Å². The quantitative estimate of drug-likeness (QED) is 0.407. The molecule has 3 aromatic heterocycles. The monoisotopic (exact) mass is 478 g/mol. The van der Waals surface area contributed by atoms with E-state index >= 15 is 0 Å². The predicted octanol–water partition coefficient (Wildman–Crippen LogP) is 3.43. The Bertz CT molecular complexity index is 1350. The molecule has 1 amide bonds. The standard InChI is InChI=1S/C25H30N6O2S/c1-18(2)17-30-24(33)23-20(11-16-34-23)31-21(26-27-25(30)31)9-6-10-22(32)29-14-12-28(13-15-29)19-7-4-3-5-8-19/h3-5,7-8,11,16,18H,6,9-10,12-15,17H2,1-2H3. The number of amides is 1. The van der Waals surface area contributed by atoms with E-state index in [1.54, 1.807) is 4.57 Å². The number of aryl methyl sites for hydroxylation is 1. The van der Waals surface area contributed by atoms with Gasteiger partial charge in [0, 0.05) is 51.3 Å². The highest BCUT2D eigenvalue weighted by Crippen LogP contribution is 2.21. The minimum Gasteiger partial charge on any atom is -0.368 e. The molecule has 4 heterocycles. The number of piperazine rings is 1. The molecule has 1 aromatic carbocycles. The maximum Gasteiger partial charge on any atom is 0.272 e. The number of para-hydroxylation sites is 1. The number of aromatic nitrogens is 4. The SMILES string of the molecule is CC(C)Cn1c(=O)c2sccc2n2c(CCCC(=O)N3CCN(c4ccccc4)CC3)nnc12. The van der Waals surface area contributed by atoms with Crippen molar-refractivity contribution in [2.45, 2.75) is 39.7 Å². The summed E-state index contributed by atoms with van der Waals surface area (Å²) in [6, 6.07) is 12.3. The van der Waals surface area contributed by atoms with Crippen LogP contribution in [0.1, 0.15) is 32.5 Å². The molecule has 1 fully saturated rings. The van der Waals surface area contributed by atoms with E-state index in [1.165, 1.54) is 17.0 Å². The summed E-state index contributed by atoms with van der Waals surface area (Å²) < 4.78 is 4.46. The number of anilines is 1. The van der Waals surface area contributed by atoms with Crippen LogP contribution in [0, 0.1) is 5.92 Å². The van der Waals surface area contributed by atoms with E-state index in [0.29, 0.717) is 37.5 Å². The van der Waals surface area contributed by atoms with E-state index < -0.39 is 0 Å². The van der Waals surface area contributed by atoms with Gasteiger partial charge in [-0.3, -0.25) is 18.6 Å². The third-order valence-electron chi connectivity index (χ3n) is 6.37. The Labute approximate surface area is 202 Å². The van der Waals surface area contributed by atoms with Gasteiger partial charge in [0.15, 0.2) is 0 Å². The molecule has 1 aliphatic rings. The molecule has 9 heteroatoms. The predicted molar refractivity (Wildman–Crippen MR) is 136 cm³/mol. The smallest absolute Gasteiger partial charge is 0.272 e. The van der Waals surface area contributed by atoms with Crippen molar-refractivity contribution in [1.82, 2.24) is 24.1 Å². The maximum absolute atomic E-state index is 13.0. The summed E-state index contributed by atoms with van der Waals surface area (Å²) in [6.45, 7) is 7.98. The fourth-order valence-corrected chi connectivity index (χ4v) is 5.51. The van der Waals surface area contributed by atoms with Crippen LogP contribution in [0.3, 0.4) is 0 Å². The van der Waals surface area contributed by atoms with Gasteiger partial charge in [-0.2, -0.15) is 0 Å². The Hall–Kier alpha value is -3.20. The van der Waals surface area contributed by atoms with Gasteiger partial charge in [-0.05, 0) is 35.9 Å². The highest BCUT2D eigenvalue weighted by atomic mass is 32.1. The van der Waals surface area contributed by atoms with Gasteiger partial charge >= 0.3 is 0 Å². The molecule has 0 aliphatic carbocycles. The summed E-state index contributed by atoms with van der Waals surface area (Å²) in [7, 11) is 0. The van der Waals surface area contributed by atoms with Crippen LogP contribution in [0.15, 0.2) is 46.6 Å². The first-order valence-electron chi connectivity index (χ1n) is 11.9. The van der Waals surface area contributed by atoms with E-state index in [0.717, 1.165) is 42.2 Å². The average molecular weight is 479 g/mol. The first kappa shape index (κ1) is 22.6. The lowest BCUT2D eigenvalue weighted by molar-refractivity contribution is -0.131. The number of thiophene rings is 1. The third-order valence-corrected chi connectivity index (χ3v) is 7.26. The van der Waals surface area contributed by atoms with Crippen LogP contribution in [-0.4, -0.2) is 56.2 Å². The van der Waals surface area contributed by atoms with Crippen molar-refractivity contribution in [3.8, 4) is 0 Å². The van der Waals surface area contributed by atoms with Crippen molar-refractivity contribution in [2.75, 3.05) is 31.1 Å². The summed E-state index contributed by atoms with van der Waals surface area (Å²) in [5.74, 6) is 1.90. The van der Waals surface area contributed by atoms with Crippen LogP contribution in [0.2, 0.25) is 0 Å². The molecule has 0 unspecified atom stereocenters. The molecule has 0 bridgehead atoms. The van der Waals surface area contributed by atoms with Crippen LogP contribution in [-0.2, 0) is 17.8 Å². The third kappa shape index (κ3) is 4.32. The molecule has 0 saturated carbocycles. The van der Waals surface area contributed by atoms with Gasteiger partial charge in [-0.15, -0.1) is 21.5 Å². The first-order valence-corrected chi connectivity index (χ1v) is 12.8. The summed E-state index contributed by atoms with van der Waals surface area (Å²) >= 11 is 1.45. The minimum absolute atomic E-state index is 0.00465. The summed E-state index contributed by atoms with van der Waals surface area (Å²) in [5, 5.41) is 10.7. The molecule has 1 saturated heterocycles. The van der Waals surface area contributed by atoms with E-state index in [1.807, 2.05) is 38.9 Å². The second-order valence-corrected chi connectivity index (χ2v) is 10.2.